The Hall–Kier alpha value is -1.73. The molecule has 4 aliphatic rings. The third-order valence-corrected chi connectivity index (χ3v) is 13.7. The van der Waals surface area contributed by atoms with Gasteiger partial charge >= 0.3 is 21.7 Å². The molecule has 17 heteroatoms. The molecule has 400 valence electrons. The van der Waals surface area contributed by atoms with Crippen LogP contribution in [-0.2, 0) is 59.8 Å². The molecule has 0 spiro atoms. The van der Waals surface area contributed by atoms with E-state index in [1.165, 1.54) is 0 Å². The monoisotopic (exact) mass is 1020 g/mol. The summed E-state index contributed by atoms with van der Waals surface area (Å²) in [5.41, 5.74) is -7.22. The molecular formula is C52H92O16Ti. The van der Waals surface area contributed by atoms with Crippen molar-refractivity contribution in [2.24, 2.45) is 0 Å². The molecular weight excluding hydrogens is 928 g/mol. The number of aliphatic carboxylic acids is 4. The van der Waals surface area contributed by atoms with Gasteiger partial charge in [0.1, 0.15) is 22.4 Å². The second-order valence-electron chi connectivity index (χ2n) is 19.5. The van der Waals surface area contributed by atoms with Crippen molar-refractivity contribution >= 4 is 23.9 Å². The van der Waals surface area contributed by atoms with Gasteiger partial charge in [-0.15, -0.1) is 0 Å². The van der Waals surface area contributed by atoms with E-state index >= 15 is 0 Å². The van der Waals surface area contributed by atoms with E-state index in [2.05, 4.69) is 0 Å². The maximum absolute atomic E-state index is 11.2. The van der Waals surface area contributed by atoms with Crippen LogP contribution in [0.4, 0.5) is 0 Å². The summed E-state index contributed by atoms with van der Waals surface area (Å²) in [7, 11) is 0. The Morgan fingerprint density at radius 1 is 0.348 bits per heavy atom. The molecule has 4 aliphatic carbocycles. The number of aliphatic hydroxyl groups is 4. The van der Waals surface area contributed by atoms with Crippen molar-refractivity contribution in [1.29, 1.82) is 0 Å². The predicted molar refractivity (Wildman–Crippen MR) is 249 cm³/mol. The first-order valence-corrected chi connectivity index (χ1v) is 26.7. The smallest absolute Gasteiger partial charge is 0.547 e. The zero-order chi connectivity index (χ0) is 50.9. The topological polar surface area (TPSA) is 278 Å². The van der Waals surface area contributed by atoms with E-state index in [9.17, 15) is 60.0 Å². The number of carbonyl (C=O) groups excluding carboxylic acids is 4. The van der Waals surface area contributed by atoms with Crippen molar-refractivity contribution in [3.8, 4) is 0 Å². The summed E-state index contributed by atoms with van der Waals surface area (Å²) in [6.07, 6.45) is 23.3. The van der Waals surface area contributed by atoms with Crippen LogP contribution in [0.5, 0.6) is 0 Å². The Morgan fingerprint density at radius 2 is 0.507 bits per heavy atom. The number of rotatable bonds is 16. The number of carboxylic acid groups (broad SMARTS) is 4. The summed E-state index contributed by atoms with van der Waals surface area (Å²) in [4.78, 5) is 44.7. The van der Waals surface area contributed by atoms with Crippen LogP contribution in [0.3, 0.4) is 0 Å². The van der Waals surface area contributed by atoms with Gasteiger partial charge in [0.15, 0.2) is 0 Å². The molecule has 8 atom stereocenters. The molecule has 8 unspecified atom stereocenters. The number of hydrogen-bond donors (Lipinski definition) is 4. The van der Waals surface area contributed by atoms with Crippen LogP contribution in [0.2, 0.25) is 0 Å². The van der Waals surface area contributed by atoms with Gasteiger partial charge < -0.3 is 79.0 Å². The Morgan fingerprint density at radius 3 is 0.667 bits per heavy atom. The minimum absolute atomic E-state index is 0. The minimum Gasteiger partial charge on any atom is -0.547 e. The zero-order valence-corrected chi connectivity index (χ0v) is 44.5. The summed E-state index contributed by atoms with van der Waals surface area (Å²) in [6, 6.07) is 0. The van der Waals surface area contributed by atoms with Crippen LogP contribution in [0, 0.1) is 0 Å². The minimum atomic E-state index is -1.81. The van der Waals surface area contributed by atoms with E-state index in [-0.39, 0.29) is 47.4 Å². The van der Waals surface area contributed by atoms with E-state index < -0.39 is 70.7 Å². The molecule has 0 aromatic carbocycles. The maximum atomic E-state index is 11.2. The van der Waals surface area contributed by atoms with Gasteiger partial charge in [-0.3, -0.25) is 0 Å². The fourth-order valence-electron chi connectivity index (χ4n) is 9.48. The molecule has 0 aromatic rings. The van der Waals surface area contributed by atoms with Gasteiger partial charge in [0.25, 0.3) is 0 Å². The SMILES string of the molecule is CCCOC1CCCCCCCC1(O)C(=O)[O-].CCCOC1CCCCCCCC1(O)C(=O)[O-].CCCOC1CCCCCCCC1(O)C(=O)[O-].CCCOC1CCCCCCCC1(O)C(=O)[O-].[Ti+4]. The quantitative estimate of drug-likeness (QED) is 0.159. The Bertz CT molecular complexity index is 1170. The normalized spacial score (nSPS) is 30.8. The van der Waals surface area contributed by atoms with Crippen molar-refractivity contribution in [1.82, 2.24) is 0 Å². The first-order chi connectivity index (χ1) is 32.4. The van der Waals surface area contributed by atoms with Crippen LogP contribution in [0.1, 0.15) is 233 Å². The zero-order valence-electron chi connectivity index (χ0n) is 43.0. The van der Waals surface area contributed by atoms with Crippen molar-refractivity contribution in [3.05, 3.63) is 0 Å². The molecule has 0 aliphatic heterocycles. The molecule has 0 heterocycles. The van der Waals surface area contributed by atoms with E-state index in [1.54, 1.807) is 0 Å². The maximum Gasteiger partial charge on any atom is 4.00 e. The first-order valence-electron chi connectivity index (χ1n) is 26.7. The fourth-order valence-corrected chi connectivity index (χ4v) is 9.48. The van der Waals surface area contributed by atoms with Crippen molar-refractivity contribution in [2.45, 2.75) is 280 Å². The summed E-state index contributed by atoms with van der Waals surface area (Å²) in [6.45, 7) is 9.81. The van der Waals surface area contributed by atoms with Gasteiger partial charge in [0, 0.05) is 26.4 Å². The van der Waals surface area contributed by atoms with Crippen molar-refractivity contribution in [2.75, 3.05) is 26.4 Å². The molecule has 4 rings (SSSR count). The van der Waals surface area contributed by atoms with Crippen LogP contribution in [-0.4, -0.2) is 118 Å². The molecule has 4 fully saturated rings. The molecule has 0 amide bonds. The van der Waals surface area contributed by atoms with Gasteiger partial charge in [0.2, 0.25) is 0 Å². The van der Waals surface area contributed by atoms with E-state index in [4.69, 9.17) is 18.9 Å². The number of carboxylic acids is 4. The summed E-state index contributed by atoms with van der Waals surface area (Å²) in [5.74, 6) is -5.55. The molecule has 0 aromatic heterocycles. The van der Waals surface area contributed by atoms with E-state index in [0.717, 1.165) is 154 Å². The van der Waals surface area contributed by atoms with Crippen molar-refractivity contribution in [3.63, 3.8) is 0 Å². The van der Waals surface area contributed by atoms with Gasteiger partial charge in [-0.25, -0.2) is 0 Å². The molecule has 4 saturated carbocycles. The van der Waals surface area contributed by atoms with E-state index in [0.29, 0.717) is 52.1 Å². The van der Waals surface area contributed by atoms with Crippen LogP contribution in [0.15, 0.2) is 0 Å². The summed E-state index contributed by atoms with van der Waals surface area (Å²) >= 11 is 0. The molecule has 0 bridgehead atoms. The number of hydrogen-bond acceptors (Lipinski definition) is 16. The summed E-state index contributed by atoms with van der Waals surface area (Å²) in [5, 5.41) is 85.9. The molecule has 0 radical (unpaired) electrons. The van der Waals surface area contributed by atoms with Gasteiger partial charge in [0.05, 0.1) is 48.3 Å². The standard InChI is InChI=1S/4C13H24O4.Ti/c4*1-2-10-17-11-8-6-4-3-5-7-9-13(11,16)12(14)15;/h4*11,16H,2-10H2,1H3,(H,14,15);/q;;;;+4/p-4. The molecule has 4 N–H and O–H groups in total. The molecule has 0 saturated heterocycles. The number of ether oxygens (including phenoxy) is 4. The predicted octanol–water partition coefficient (Wildman–Crippen LogP) is 4.03. The Labute approximate surface area is 429 Å². The first kappa shape index (κ1) is 67.3. The average molecular weight is 1020 g/mol. The summed E-state index contributed by atoms with van der Waals surface area (Å²) < 4.78 is 22.1. The second kappa shape index (κ2) is 37.9. The Kier molecular flexibility index (Phi) is 37.0. The van der Waals surface area contributed by atoms with Gasteiger partial charge in [-0.1, -0.05) is 156 Å². The van der Waals surface area contributed by atoms with Gasteiger partial charge in [-0.05, 0) is 77.0 Å². The molecule has 16 nitrogen and oxygen atoms in total. The van der Waals surface area contributed by atoms with Crippen LogP contribution < -0.4 is 20.4 Å². The average Bonchev–Trinajstić information content (AvgIpc) is 3.57. The van der Waals surface area contributed by atoms with Crippen LogP contribution in [0.25, 0.3) is 0 Å². The second-order valence-corrected chi connectivity index (χ2v) is 19.5. The fraction of sp³-hybridized carbons (Fsp3) is 0.923. The third kappa shape index (κ3) is 24.2. The largest absolute Gasteiger partial charge is 4.00 e. The van der Waals surface area contributed by atoms with Crippen LogP contribution >= 0.6 is 0 Å². The van der Waals surface area contributed by atoms with Crippen molar-refractivity contribution < 1.29 is 101 Å². The van der Waals surface area contributed by atoms with E-state index in [1.807, 2.05) is 27.7 Å². The van der Waals surface area contributed by atoms with Gasteiger partial charge in [-0.2, -0.15) is 0 Å². The number of carbonyl (C=O) groups is 4. The Balaban J connectivity index is 0.000000889. The third-order valence-electron chi connectivity index (χ3n) is 13.7. The molecule has 69 heavy (non-hydrogen) atoms.